The largest absolute Gasteiger partial charge is 0.755 e. The standard InChI is InChI=1S/C25H32N6O6S/c1-16-5-7-18(8-6-16)31(38(35)36)19(24(34)37-25(2,3)4)13-30-15-28-20-21(26-14-27-22(20)30)29-11-9-17(10-12-29)23(32)33/h5-8,14-15,17,19H,9-13H2,1-4H3,(H,32,33)(H,35,36)/p-1. The van der Waals surface area contributed by atoms with E-state index in [0.717, 1.165) is 9.87 Å². The Hall–Kier alpha value is -3.58. The molecule has 1 fully saturated rings. The van der Waals surface area contributed by atoms with E-state index in [0.29, 0.717) is 48.6 Å². The molecule has 2 aromatic heterocycles. The predicted molar refractivity (Wildman–Crippen MR) is 140 cm³/mol. The lowest BCUT2D eigenvalue weighted by Gasteiger charge is -2.35. The van der Waals surface area contributed by atoms with E-state index in [1.165, 1.54) is 12.7 Å². The second-order valence-corrected chi connectivity index (χ2v) is 11.1. The van der Waals surface area contributed by atoms with Crippen LogP contribution in [0.2, 0.25) is 0 Å². The highest BCUT2D eigenvalue weighted by Crippen LogP contribution is 2.28. The number of esters is 1. The van der Waals surface area contributed by atoms with Crippen LogP contribution in [-0.4, -0.2) is 70.1 Å². The van der Waals surface area contributed by atoms with Crippen LogP contribution in [-0.2, 0) is 32.1 Å². The fraction of sp³-hybridized carbons (Fsp3) is 0.480. The Morgan fingerprint density at radius 2 is 1.84 bits per heavy atom. The molecule has 0 aliphatic carbocycles. The summed E-state index contributed by atoms with van der Waals surface area (Å²) in [6, 6.07) is 5.56. The number of aliphatic carboxylic acids is 1. The minimum absolute atomic E-state index is 0.106. The number of ether oxygens (including phenoxy) is 1. The second kappa shape index (κ2) is 11.0. The van der Waals surface area contributed by atoms with Gasteiger partial charge in [0.05, 0.1) is 18.8 Å². The molecular formula is C25H31N6O6S-. The van der Waals surface area contributed by atoms with Gasteiger partial charge in [0.1, 0.15) is 11.9 Å². The van der Waals surface area contributed by atoms with E-state index in [1.54, 1.807) is 49.6 Å². The van der Waals surface area contributed by atoms with Crippen molar-refractivity contribution in [3.05, 3.63) is 42.5 Å². The smallest absolute Gasteiger partial charge is 0.332 e. The van der Waals surface area contributed by atoms with Gasteiger partial charge < -0.3 is 23.9 Å². The normalized spacial score (nSPS) is 16.3. The monoisotopic (exact) mass is 543 g/mol. The molecule has 13 heteroatoms. The summed E-state index contributed by atoms with van der Waals surface area (Å²) in [5.74, 6) is -1.34. The maximum absolute atomic E-state index is 13.3. The van der Waals surface area contributed by atoms with Crippen molar-refractivity contribution in [1.82, 2.24) is 19.5 Å². The lowest BCUT2D eigenvalue weighted by molar-refractivity contribution is -0.156. The van der Waals surface area contributed by atoms with Crippen molar-refractivity contribution in [2.24, 2.45) is 5.92 Å². The molecule has 1 saturated heterocycles. The van der Waals surface area contributed by atoms with Crippen molar-refractivity contribution < 1.29 is 28.2 Å². The zero-order valence-corrected chi connectivity index (χ0v) is 22.6. The Balaban J connectivity index is 1.69. The highest BCUT2D eigenvalue weighted by Gasteiger charge is 2.33. The molecule has 0 amide bonds. The first kappa shape index (κ1) is 27.5. The number of carbonyl (C=O) groups is 2. The van der Waals surface area contributed by atoms with Crippen LogP contribution >= 0.6 is 0 Å². The molecule has 3 heterocycles. The number of aryl methyl sites for hydroxylation is 1. The Morgan fingerprint density at radius 3 is 2.42 bits per heavy atom. The highest BCUT2D eigenvalue weighted by molar-refractivity contribution is 7.80. The molecule has 0 bridgehead atoms. The van der Waals surface area contributed by atoms with Crippen LogP contribution in [0.3, 0.4) is 0 Å². The van der Waals surface area contributed by atoms with E-state index >= 15 is 0 Å². The Labute approximate surface area is 223 Å². The van der Waals surface area contributed by atoms with Gasteiger partial charge >= 0.3 is 11.9 Å². The molecule has 1 aliphatic heterocycles. The van der Waals surface area contributed by atoms with Gasteiger partial charge in [-0.2, -0.15) is 0 Å². The molecule has 0 spiro atoms. The van der Waals surface area contributed by atoms with Gasteiger partial charge in [0.2, 0.25) is 0 Å². The van der Waals surface area contributed by atoms with Crippen LogP contribution < -0.4 is 9.21 Å². The molecule has 38 heavy (non-hydrogen) atoms. The van der Waals surface area contributed by atoms with E-state index in [9.17, 15) is 23.5 Å². The number of hydrogen-bond donors (Lipinski definition) is 1. The number of anilines is 2. The zero-order valence-electron chi connectivity index (χ0n) is 21.7. The minimum atomic E-state index is -2.79. The van der Waals surface area contributed by atoms with Crippen LogP contribution in [0.5, 0.6) is 0 Å². The molecule has 4 rings (SSSR count). The number of fused-ring (bicyclic) bond motifs is 1. The lowest BCUT2D eigenvalue weighted by atomic mass is 9.97. The average Bonchev–Trinajstić information content (AvgIpc) is 3.26. The van der Waals surface area contributed by atoms with Crippen molar-refractivity contribution in [3.8, 4) is 0 Å². The minimum Gasteiger partial charge on any atom is -0.755 e. The quantitative estimate of drug-likeness (QED) is 0.331. The topological polar surface area (TPSA) is 154 Å². The van der Waals surface area contributed by atoms with Gasteiger partial charge in [-0.15, -0.1) is 0 Å². The fourth-order valence-corrected chi connectivity index (χ4v) is 5.09. The SMILES string of the molecule is Cc1ccc(N(C(Cn2cnc3c(N4CCC(C(=O)O)CC4)ncnc32)C(=O)OC(C)(C)C)S(=O)[O-])cc1. The Kier molecular flexibility index (Phi) is 7.97. The predicted octanol–water partition coefficient (Wildman–Crippen LogP) is 2.45. The summed E-state index contributed by atoms with van der Waals surface area (Å²) in [5.41, 5.74) is 1.32. The van der Waals surface area contributed by atoms with Gasteiger partial charge in [-0.25, -0.2) is 19.7 Å². The summed E-state index contributed by atoms with van der Waals surface area (Å²) >= 11 is -2.79. The summed E-state index contributed by atoms with van der Waals surface area (Å²) in [6.45, 7) is 7.93. The summed E-state index contributed by atoms with van der Waals surface area (Å²) in [7, 11) is 0. The van der Waals surface area contributed by atoms with Crippen LogP contribution in [0.15, 0.2) is 36.9 Å². The van der Waals surface area contributed by atoms with E-state index in [2.05, 4.69) is 15.0 Å². The maximum Gasteiger partial charge on any atom is 0.332 e. The third-order valence-electron chi connectivity index (χ3n) is 6.31. The van der Waals surface area contributed by atoms with E-state index < -0.39 is 40.8 Å². The number of benzene rings is 1. The third kappa shape index (κ3) is 6.10. The molecule has 0 radical (unpaired) electrons. The van der Waals surface area contributed by atoms with E-state index in [-0.39, 0.29) is 6.54 Å². The van der Waals surface area contributed by atoms with Gasteiger partial charge in [0, 0.05) is 30.0 Å². The maximum atomic E-state index is 13.3. The van der Waals surface area contributed by atoms with Crippen molar-refractivity contribution in [2.75, 3.05) is 22.3 Å². The Bertz CT molecular complexity index is 1330. The van der Waals surface area contributed by atoms with Crippen molar-refractivity contribution in [1.29, 1.82) is 0 Å². The molecule has 3 aromatic rings. The Morgan fingerprint density at radius 1 is 1.18 bits per heavy atom. The number of carboxylic acids is 1. The molecule has 1 aliphatic rings. The first-order chi connectivity index (χ1) is 17.9. The van der Waals surface area contributed by atoms with E-state index in [1.807, 2.05) is 11.8 Å². The number of piperidine rings is 1. The molecule has 12 nitrogen and oxygen atoms in total. The molecule has 2 atom stereocenters. The summed E-state index contributed by atoms with van der Waals surface area (Å²) in [5, 5.41) is 9.30. The number of carbonyl (C=O) groups excluding carboxylic acids is 1. The van der Waals surface area contributed by atoms with Gasteiger partial charge in [-0.05, 0) is 52.7 Å². The summed E-state index contributed by atoms with van der Waals surface area (Å²) < 4.78 is 33.1. The number of carboxylic acid groups (broad SMARTS) is 1. The van der Waals surface area contributed by atoms with Crippen LogP contribution in [0.25, 0.3) is 11.2 Å². The molecule has 1 aromatic carbocycles. The van der Waals surface area contributed by atoms with E-state index in [4.69, 9.17) is 4.74 Å². The van der Waals surface area contributed by atoms with Gasteiger partial charge in [-0.1, -0.05) is 17.7 Å². The summed E-state index contributed by atoms with van der Waals surface area (Å²) in [4.78, 5) is 39.9. The number of rotatable bonds is 8. The first-order valence-corrected chi connectivity index (χ1v) is 13.3. The first-order valence-electron chi connectivity index (χ1n) is 12.3. The van der Waals surface area contributed by atoms with Crippen molar-refractivity contribution >= 4 is 45.9 Å². The summed E-state index contributed by atoms with van der Waals surface area (Å²) in [6.07, 6.45) is 3.85. The molecule has 0 saturated carbocycles. The highest BCUT2D eigenvalue weighted by atomic mass is 32.2. The number of aromatic nitrogens is 4. The second-order valence-electron chi connectivity index (χ2n) is 10.3. The number of nitrogens with zero attached hydrogens (tertiary/aromatic N) is 6. The van der Waals surface area contributed by atoms with Crippen LogP contribution in [0.1, 0.15) is 39.2 Å². The third-order valence-corrected chi connectivity index (χ3v) is 7.09. The lowest BCUT2D eigenvalue weighted by Crippen LogP contribution is -2.48. The van der Waals surface area contributed by atoms with Crippen LogP contribution in [0.4, 0.5) is 11.5 Å². The molecule has 2 unspecified atom stereocenters. The molecule has 1 N–H and O–H groups in total. The van der Waals surface area contributed by atoms with Gasteiger partial charge in [-0.3, -0.25) is 13.3 Å². The number of hydrogen-bond acceptors (Lipinski definition) is 9. The van der Waals surface area contributed by atoms with Crippen molar-refractivity contribution in [2.45, 2.75) is 58.7 Å². The average molecular weight is 544 g/mol. The van der Waals surface area contributed by atoms with Crippen molar-refractivity contribution in [3.63, 3.8) is 0 Å². The molecular weight excluding hydrogens is 512 g/mol. The van der Waals surface area contributed by atoms with Gasteiger partial charge in [0.25, 0.3) is 0 Å². The van der Waals surface area contributed by atoms with Gasteiger partial charge in [0.15, 0.2) is 23.0 Å². The van der Waals surface area contributed by atoms with Crippen LogP contribution in [0, 0.1) is 12.8 Å². The zero-order chi connectivity index (χ0) is 27.6. The fourth-order valence-electron chi connectivity index (χ4n) is 4.43. The molecule has 204 valence electrons. The number of imidazole rings is 1.